The van der Waals surface area contributed by atoms with Crippen molar-refractivity contribution in [2.24, 2.45) is 5.73 Å². The lowest BCUT2D eigenvalue weighted by atomic mass is 9.95. The number of nitrogens with two attached hydrogens (primary N) is 2. The van der Waals surface area contributed by atoms with Crippen LogP contribution in [0.2, 0.25) is 0 Å². The molecule has 0 radical (unpaired) electrons. The zero-order chi connectivity index (χ0) is 23.9. The van der Waals surface area contributed by atoms with Crippen molar-refractivity contribution >= 4 is 28.9 Å². The fourth-order valence-electron chi connectivity index (χ4n) is 3.75. The minimum atomic E-state index is -1.62. The predicted octanol–water partition coefficient (Wildman–Crippen LogP) is -2.79. The highest BCUT2D eigenvalue weighted by Gasteiger charge is 2.46. The SMILES string of the molecule is NC(=O)c1ccccc1C(=O)N[C@@H]1[C@@H](O)[C@H](O)[C@@H](CO)O[C@H]1n1cnc2c(=O)[nH]c(N)nc21. The van der Waals surface area contributed by atoms with Gasteiger partial charge in [0.15, 0.2) is 17.4 Å². The molecular formula is C19H21N7O7. The number of primary amides is 1. The molecule has 0 bridgehead atoms. The molecule has 0 saturated carbocycles. The Kier molecular flexibility index (Phi) is 5.82. The maximum atomic E-state index is 13.0. The summed E-state index contributed by atoms with van der Waals surface area (Å²) in [4.78, 5) is 47.2. The summed E-state index contributed by atoms with van der Waals surface area (Å²) in [6, 6.07) is 4.45. The lowest BCUT2D eigenvalue weighted by Gasteiger charge is -2.43. The van der Waals surface area contributed by atoms with E-state index >= 15 is 0 Å². The van der Waals surface area contributed by atoms with Crippen LogP contribution in [0.3, 0.4) is 0 Å². The number of carbonyl (C=O) groups excluding carboxylic acids is 2. The number of ether oxygens (including phenoxy) is 1. The van der Waals surface area contributed by atoms with Crippen LogP contribution < -0.4 is 22.3 Å². The molecule has 0 unspecified atom stereocenters. The molecule has 2 aromatic heterocycles. The van der Waals surface area contributed by atoms with Gasteiger partial charge in [-0.25, -0.2) is 4.98 Å². The molecule has 9 N–H and O–H groups in total. The molecule has 5 atom stereocenters. The number of nitrogen functional groups attached to an aromatic ring is 1. The number of nitrogens with one attached hydrogen (secondary N) is 2. The average molecular weight is 459 g/mol. The lowest BCUT2D eigenvalue weighted by molar-refractivity contribution is -0.213. The van der Waals surface area contributed by atoms with Crippen molar-refractivity contribution in [3.05, 3.63) is 52.1 Å². The number of carbonyl (C=O) groups is 2. The molecule has 1 aromatic carbocycles. The van der Waals surface area contributed by atoms with Crippen molar-refractivity contribution < 1.29 is 29.6 Å². The van der Waals surface area contributed by atoms with E-state index in [2.05, 4.69) is 20.3 Å². The quantitative estimate of drug-likeness (QED) is 0.207. The molecule has 14 heteroatoms. The molecule has 0 aliphatic carbocycles. The van der Waals surface area contributed by atoms with Crippen molar-refractivity contribution in [2.45, 2.75) is 30.6 Å². The van der Waals surface area contributed by atoms with Gasteiger partial charge in [-0.3, -0.25) is 23.9 Å². The number of aromatic nitrogens is 4. The van der Waals surface area contributed by atoms with Gasteiger partial charge in [0.05, 0.1) is 24.1 Å². The number of aromatic amines is 1. The third-order valence-corrected chi connectivity index (χ3v) is 5.36. The van der Waals surface area contributed by atoms with E-state index in [1.807, 2.05) is 0 Å². The molecule has 1 aliphatic heterocycles. The first-order chi connectivity index (χ1) is 15.7. The van der Waals surface area contributed by atoms with Crippen LogP contribution in [0.5, 0.6) is 0 Å². The van der Waals surface area contributed by atoms with E-state index in [1.165, 1.54) is 35.2 Å². The number of nitrogens with zero attached hydrogens (tertiary/aromatic N) is 3. The number of aliphatic hydroxyl groups excluding tert-OH is 3. The average Bonchev–Trinajstić information content (AvgIpc) is 3.21. The Balaban J connectivity index is 1.77. The van der Waals surface area contributed by atoms with E-state index in [1.54, 1.807) is 0 Å². The summed E-state index contributed by atoms with van der Waals surface area (Å²) in [5.74, 6) is -1.83. The highest BCUT2D eigenvalue weighted by Crippen LogP contribution is 2.30. The number of amides is 2. The number of anilines is 1. The molecule has 1 aliphatic rings. The molecule has 1 saturated heterocycles. The summed E-state index contributed by atoms with van der Waals surface area (Å²) in [5, 5.41) is 33.3. The normalized spacial score (nSPS) is 25.1. The zero-order valence-electron chi connectivity index (χ0n) is 17.0. The standard InChI is InChI=1S/C19H21N7O7/c20-14(30)7-3-1-2-4-8(7)16(31)23-10-13(29)12(28)9(5-27)33-18(10)26-6-22-11-15(26)24-19(21)25-17(11)32/h1-4,6,9-10,12-13,18,27-29H,5H2,(H2,20,30)(H,23,31)(H3,21,24,25,32)/t9-,10-,12-,13-,18-/m1/s1. The molecule has 3 aromatic rings. The number of aliphatic hydroxyl groups is 3. The van der Waals surface area contributed by atoms with Gasteiger partial charge in [0.1, 0.15) is 24.4 Å². The predicted molar refractivity (Wildman–Crippen MR) is 112 cm³/mol. The summed E-state index contributed by atoms with van der Waals surface area (Å²) >= 11 is 0. The minimum absolute atomic E-state index is 0.0154. The second-order valence-electron chi connectivity index (χ2n) is 7.41. The van der Waals surface area contributed by atoms with E-state index < -0.39 is 54.6 Å². The maximum Gasteiger partial charge on any atom is 0.280 e. The number of fused-ring (bicyclic) bond motifs is 1. The Morgan fingerprint density at radius 1 is 1.21 bits per heavy atom. The van der Waals surface area contributed by atoms with Crippen LogP contribution in [0.4, 0.5) is 5.95 Å². The number of benzene rings is 1. The van der Waals surface area contributed by atoms with Gasteiger partial charge < -0.3 is 36.8 Å². The van der Waals surface area contributed by atoms with Crippen molar-refractivity contribution in [3.63, 3.8) is 0 Å². The molecule has 2 amide bonds. The Labute approximate surface area is 184 Å². The van der Waals surface area contributed by atoms with Crippen LogP contribution in [-0.2, 0) is 4.74 Å². The molecule has 4 rings (SSSR count). The van der Waals surface area contributed by atoms with E-state index in [9.17, 15) is 29.7 Å². The Bertz CT molecular complexity index is 1270. The van der Waals surface area contributed by atoms with Gasteiger partial charge in [-0.05, 0) is 12.1 Å². The zero-order valence-corrected chi connectivity index (χ0v) is 17.0. The van der Waals surface area contributed by atoms with Gasteiger partial charge >= 0.3 is 0 Å². The van der Waals surface area contributed by atoms with Gasteiger partial charge in [-0.2, -0.15) is 4.98 Å². The van der Waals surface area contributed by atoms with Gasteiger partial charge in [0.2, 0.25) is 11.9 Å². The molecule has 3 heterocycles. The Morgan fingerprint density at radius 3 is 2.58 bits per heavy atom. The first-order valence-electron chi connectivity index (χ1n) is 9.77. The molecule has 14 nitrogen and oxygen atoms in total. The van der Waals surface area contributed by atoms with Gasteiger partial charge in [-0.15, -0.1) is 0 Å². The smallest absolute Gasteiger partial charge is 0.280 e. The second-order valence-corrected chi connectivity index (χ2v) is 7.41. The van der Waals surface area contributed by atoms with E-state index in [4.69, 9.17) is 16.2 Å². The topological polar surface area (TPSA) is 232 Å². The lowest BCUT2D eigenvalue weighted by Crippen LogP contribution is -2.62. The molecule has 0 spiro atoms. The van der Waals surface area contributed by atoms with Crippen molar-refractivity contribution in [3.8, 4) is 0 Å². The van der Waals surface area contributed by atoms with Crippen LogP contribution in [0.1, 0.15) is 26.9 Å². The fraction of sp³-hybridized carbons (Fsp3) is 0.316. The van der Waals surface area contributed by atoms with Crippen LogP contribution in [-0.4, -0.2) is 77.6 Å². The summed E-state index contributed by atoms with van der Waals surface area (Å²) in [7, 11) is 0. The largest absolute Gasteiger partial charge is 0.394 e. The highest BCUT2D eigenvalue weighted by atomic mass is 16.5. The number of H-pyrrole nitrogens is 1. The van der Waals surface area contributed by atoms with Crippen molar-refractivity contribution in [2.75, 3.05) is 12.3 Å². The number of imidazole rings is 1. The second kappa shape index (κ2) is 8.59. The van der Waals surface area contributed by atoms with Crippen LogP contribution >= 0.6 is 0 Å². The van der Waals surface area contributed by atoms with E-state index in [-0.39, 0.29) is 28.2 Å². The highest BCUT2D eigenvalue weighted by molar-refractivity contribution is 6.06. The van der Waals surface area contributed by atoms with E-state index in [0.29, 0.717) is 0 Å². The molecular weight excluding hydrogens is 438 g/mol. The van der Waals surface area contributed by atoms with Gasteiger partial charge in [0.25, 0.3) is 11.5 Å². The third-order valence-electron chi connectivity index (χ3n) is 5.36. The monoisotopic (exact) mass is 459 g/mol. The van der Waals surface area contributed by atoms with E-state index in [0.717, 1.165) is 0 Å². The Hall–Kier alpha value is -3.85. The number of rotatable bonds is 5. The summed E-state index contributed by atoms with van der Waals surface area (Å²) in [5.41, 5.74) is 10.1. The van der Waals surface area contributed by atoms with Crippen LogP contribution in [0.25, 0.3) is 11.2 Å². The summed E-state index contributed by atoms with van der Waals surface area (Å²) in [6.45, 7) is -0.650. The summed E-state index contributed by atoms with van der Waals surface area (Å²) < 4.78 is 6.98. The molecule has 33 heavy (non-hydrogen) atoms. The third kappa shape index (κ3) is 3.91. The van der Waals surface area contributed by atoms with Crippen molar-refractivity contribution in [1.29, 1.82) is 0 Å². The number of hydrogen-bond acceptors (Lipinski definition) is 10. The first kappa shape index (κ1) is 22.3. The van der Waals surface area contributed by atoms with Crippen LogP contribution in [0.15, 0.2) is 35.4 Å². The van der Waals surface area contributed by atoms with Crippen molar-refractivity contribution in [1.82, 2.24) is 24.8 Å². The maximum absolute atomic E-state index is 13.0. The number of hydrogen-bond donors (Lipinski definition) is 7. The van der Waals surface area contributed by atoms with Gasteiger partial charge in [0, 0.05) is 0 Å². The fourth-order valence-corrected chi connectivity index (χ4v) is 3.75. The first-order valence-corrected chi connectivity index (χ1v) is 9.77. The summed E-state index contributed by atoms with van der Waals surface area (Å²) in [6.07, 6.45) is -4.51. The van der Waals surface area contributed by atoms with Crippen LogP contribution in [0, 0.1) is 0 Å². The molecule has 174 valence electrons. The Morgan fingerprint density at radius 2 is 1.91 bits per heavy atom. The molecule has 1 fully saturated rings. The minimum Gasteiger partial charge on any atom is -0.394 e. The van der Waals surface area contributed by atoms with Gasteiger partial charge in [-0.1, -0.05) is 12.1 Å².